The fourth-order valence-electron chi connectivity index (χ4n) is 3.12. The molecule has 0 saturated carbocycles. The van der Waals surface area contributed by atoms with Crippen LogP contribution >= 0.6 is 15.9 Å². The molecule has 0 spiro atoms. The number of likely N-dealkylation sites (tertiary alicyclic amines) is 1. The van der Waals surface area contributed by atoms with Gasteiger partial charge < -0.3 is 10.2 Å². The SMILES string of the molecule is O=C(c1cc(C(F)(F)F)ccc1Br)N1CC[C@H]2CNC[C@H]21. The Hall–Kier alpha value is -1.08. The molecule has 1 amide bonds. The van der Waals surface area contributed by atoms with Crippen molar-refractivity contribution < 1.29 is 18.0 Å². The highest BCUT2D eigenvalue weighted by Crippen LogP contribution is 2.34. The maximum Gasteiger partial charge on any atom is 0.416 e. The number of alkyl halides is 3. The van der Waals surface area contributed by atoms with Crippen molar-refractivity contribution in [1.82, 2.24) is 10.2 Å². The summed E-state index contributed by atoms with van der Waals surface area (Å²) in [6.45, 7) is 2.20. The quantitative estimate of drug-likeness (QED) is 0.832. The first-order chi connectivity index (χ1) is 9.88. The zero-order valence-corrected chi connectivity index (χ0v) is 12.7. The van der Waals surface area contributed by atoms with E-state index in [1.807, 2.05) is 0 Å². The molecule has 2 aliphatic rings. The molecule has 1 aromatic carbocycles. The highest BCUT2D eigenvalue weighted by Gasteiger charge is 2.41. The van der Waals surface area contributed by atoms with Crippen LogP contribution in [0.1, 0.15) is 22.3 Å². The smallest absolute Gasteiger partial charge is 0.334 e. The van der Waals surface area contributed by atoms with Crippen LogP contribution in [0.15, 0.2) is 22.7 Å². The third-order valence-corrected chi connectivity index (χ3v) is 4.92. The molecule has 0 bridgehead atoms. The Labute approximate surface area is 128 Å². The van der Waals surface area contributed by atoms with Crippen molar-refractivity contribution in [3.63, 3.8) is 0 Å². The second-order valence-electron chi connectivity index (χ2n) is 5.47. The minimum atomic E-state index is -4.45. The Morgan fingerprint density at radius 2 is 2.10 bits per heavy atom. The minimum absolute atomic E-state index is 0.0809. The first-order valence-electron chi connectivity index (χ1n) is 6.76. The molecule has 0 unspecified atom stereocenters. The third-order valence-electron chi connectivity index (χ3n) is 4.23. The lowest BCUT2D eigenvalue weighted by atomic mass is 10.0. The molecule has 2 heterocycles. The number of benzene rings is 1. The molecule has 0 aromatic heterocycles. The van der Waals surface area contributed by atoms with Crippen molar-refractivity contribution in [1.29, 1.82) is 0 Å². The minimum Gasteiger partial charge on any atom is -0.334 e. The van der Waals surface area contributed by atoms with E-state index in [1.165, 1.54) is 6.07 Å². The number of carbonyl (C=O) groups excluding carboxylic acids is 1. The van der Waals surface area contributed by atoms with Gasteiger partial charge in [-0.1, -0.05) is 0 Å². The monoisotopic (exact) mass is 362 g/mol. The zero-order valence-electron chi connectivity index (χ0n) is 11.1. The average molecular weight is 363 g/mol. The number of amides is 1. The average Bonchev–Trinajstić information content (AvgIpc) is 2.99. The first kappa shape index (κ1) is 14.8. The summed E-state index contributed by atoms with van der Waals surface area (Å²) >= 11 is 3.19. The summed E-state index contributed by atoms with van der Waals surface area (Å²) in [5.41, 5.74) is -0.716. The maximum absolute atomic E-state index is 12.8. The normalized spacial score (nSPS) is 25.2. The maximum atomic E-state index is 12.8. The Bertz CT molecular complexity index is 576. The van der Waals surface area contributed by atoms with Crippen LogP contribution < -0.4 is 5.32 Å². The fourth-order valence-corrected chi connectivity index (χ4v) is 3.54. The molecule has 114 valence electrons. The zero-order chi connectivity index (χ0) is 15.2. The summed E-state index contributed by atoms with van der Waals surface area (Å²) < 4.78 is 38.8. The number of halogens is 4. The molecule has 2 saturated heterocycles. The molecule has 1 aromatic rings. The molecule has 2 aliphatic heterocycles. The Morgan fingerprint density at radius 3 is 2.81 bits per heavy atom. The first-order valence-corrected chi connectivity index (χ1v) is 7.55. The van der Waals surface area contributed by atoms with E-state index < -0.39 is 11.7 Å². The molecule has 7 heteroatoms. The van der Waals surface area contributed by atoms with Gasteiger partial charge in [-0.05, 0) is 46.5 Å². The molecule has 2 atom stereocenters. The molecule has 0 aliphatic carbocycles. The van der Waals surface area contributed by atoms with E-state index in [2.05, 4.69) is 21.2 Å². The van der Waals surface area contributed by atoms with E-state index in [0.717, 1.165) is 25.1 Å². The molecule has 3 nitrogen and oxygen atoms in total. The van der Waals surface area contributed by atoms with Crippen molar-refractivity contribution in [2.45, 2.75) is 18.6 Å². The molecule has 3 rings (SSSR count). The van der Waals surface area contributed by atoms with Crippen LogP contribution in [0.2, 0.25) is 0 Å². The van der Waals surface area contributed by atoms with Crippen molar-refractivity contribution in [2.24, 2.45) is 5.92 Å². The largest absolute Gasteiger partial charge is 0.416 e. The molecular weight excluding hydrogens is 349 g/mol. The van der Waals surface area contributed by atoms with E-state index in [0.29, 0.717) is 23.5 Å². The van der Waals surface area contributed by atoms with E-state index in [4.69, 9.17) is 0 Å². The molecular formula is C14H14BrF3N2O. The van der Waals surface area contributed by atoms with Gasteiger partial charge in [0.15, 0.2) is 0 Å². The van der Waals surface area contributed by atoms with Gasteiger partial charge in [0.1, 0.15) is 0 Å². The second-order valence-corrected chi connectivity index (χ2v) is 6.32. The summed E-state index contributed by atoms with van der Waals surface area (Å²) in [6, 6.07) is 3.29. The van der Waals surface area contributed by atoms with E-state index in [1.54, 1.807) is 4.90 Å². The van der Waals surface area contributed by atoms with Gasteiger partial charge in [-0.25, -0.2) is 0 Å². The highest BCUT2D eigenvalue weighted by molar-refractivity contribution is 9.10. The number of hydrogen-bond acceptors (Lipinski definition) is 2. The number of nitrogens with one attached hydrogen (secondary N) is 1. The van der Waals surface area contributed by atoms with Crippen LogP contribution in [0.25, 0.3) is 0 Å². The van der Waals surface area contributed by atoms with Gasteiger partial charge in [0.2, 0.25) is 0 Å². The second kappa shape index (κ2) is 5.28. The van der Waals surface area contributed by atoms with Crippen LogP contribution in [0.3, 0.4) is 0 Å². The summed E-state index contributed by atoms with van der Waals surface area (Å²) in [5, 5.41) is 3.23. The third kappa shape index (κ3) is 2.68. The van der Waals surface area contributed by atoms with Crippen molar-refractivity contribution >= 4 is 21.8 Å². The van der Waals surface area contributed by atoms with Gasteiger partial charge in [0.05, 0.1) is 11.1 Å². The number of fused-ring (bicyclic) bond motifs is 1. The van der Waals surface area contributed by atoms with Gasteiger partial charge in [0, 0.05) is 30.1 Å². The van der Waals surface area contributed by atoms with Gasteiger partial charge in [-0.15, -0.1) is 0 Å². The fraction of sp³-hybridized carbons (Fsp3) is 0.500. The molecule has 21 heavy (non-hydrogen) atoms. The Balaban J connectivity index is 1.91. The molecule has 1 N–H and O–H groups in total. The van der Waals surface area contributed by atoms with Crippen LogP contribution in [-0.2, 0) is 6.18 Å². The number of hydrogen-bond donors (Lipinski definition) is 1. The van der Waals surface area contributed by atoms with E-state index in [9.17, 15) is 18.0 Å². The molecule has 2 fully saturated rings. The van der Waals surface area contributed by atoms with E-state index >= 15 is 0 Å². The lowest BCUT2D eigenvalue weighted by Gasteiger charge is -2.24. The van der Waals surface area contributed by atoms with Crippen molar-refractivity contribution in [2.75, 3.05) is 19.6 Å². The van der Waals surface area contributed by atoms with Gasteiger partial charge in [-0.2, -0.15) is 13.2 Å². The van der Waals surface area contributed by atoms with Gasteiger partial charge in [-0.3, -0.25) is 4.79 Å². The summed E-state index contributed by atoms with van der Waals surface area (Å²) in [6.07, 6.45) is -3.54. The standard InChI is InChI=1S/C14H14BrF3N2O/c15-11-2-1-9(14(16,17)18)5-10(11)13(21)20-4-3-8-6-19-7-12(8)20/h1-2,5,8,12,19H,3-4,6-7H2/t8-,12+/m0/s1. The summed E-state index contributed by atoms with van der Waals surface area (Å²) in [5.74, 6) is 0.0858. The highest BCUT2D eigenvalue weighted by atomic mass is 79.9. The lowest BCUT2D eigenvalue weighted by molar-refractivity contribution is -0.137. The van der Waals surface area contributed by atoms with Crippen LogP contribution in [0, 0.1) is 5.92 Å². The Kier molecular flexibility index (Phi) is 3.73. The topological polar surface area (TPSA) is 32.3 Å². The van der Waals surface area contributed by atoms with E-state index in [-0.39, 0.29) is 17.5 Å². The number of rotatable bonds is 1. The summed E-state index contributed by atoms with van der Waals surface area (Å²) in [4.78, 5) is 14.3. The van der Waals surface area contributed by atoms with Crippen molar-refractivity contribution in [3.05, 3.63) is 33.8 Å². The predicted octanol–water partition coefficient (Wildman–Crippen LogP) is 2.90. The van der Waals surface area contributed by atoms with Crippen LogP contribution in [-0.4, -0.2) is 36.5 Å². The number of nitrogens with zero attached hydrogens (tertiary/aromatic N) is 1. The molecule has 0 radical (unpaired) electrons. The predicted molar refractivity (Wildman–Crippen MR) is 74.9 cm³/mol. The summed E-state index contributed by atoms with van der Waals surface area (Å²) in [7, 11) is 0. The van der Waals surface area contributed by atoms with Crippen molar-refractivity contribution in [3.8, 4) is 0 Å². The van der Waals surface area contributed by atoms with Gasteiger partial charge in [0.25, 0.3) is 5.91 Å². The number of carbonyl (C=O) groups is 1. The van der Waals surface area contributed by atoms with Crippen LogP contribution in [0.5, 0.6) is 0 Å². The van der Waals surface area contributed by atoms with Crippen LogP contribution in [0.4, 0.5) is 13.2 Å². The lowest BCUT2D eigenvalue weighted by Crippen LogP contribution is -2.39. The Morgan fingerprint density at radius 1 is 1.33 bits per heavy atom. The van der Waals surface area contributed by atoms with Gasteiger partial charge >= 0.3 is 6.18 Å².